The zero-order valence-electron chi connectivity index (χ0n) is 17.9. The standard InChI is InChI=1S/C23H20Cl3N3O2S2/c1-11(2)32-22-19(13-8-9-16(25)17(26)10-13)27-23(33-22)29-20(21(30)31)18(12(3)28-29)14-6-4-5-7-15(14)24/h4-11,19,22H,1-3H3,(H,30,31). The molecule has 172 valence electrons. The van der Waals surface area contributed by atoms with Crippen LogP contribution in [0.5, 0.6) is 0 Å². The Morgan fingerprint density at radius 3 is 2.48 bits per heavy atom. The van der Waals surface area contributed by atoms with Crippen molar-refractivity contribution in [2.75, 3.05) is 0 Å². The van der Waals surface area contributed by atoms with Gasteiger partial charge >= 0.3 is 5.97 Å². The van der Waals surface area contributed by atoms with Gasteiger partial charge in [0.25, 0.3) is 0 Å². The summed E-state index contributed by atoms with van der Waals surface area (Å²) in [7, 11) is 0. The molecular weight excluding hydrogens is 521 g/mol. The molecule has 0 spiro atoms. The van der Waals surface area contributed by atoms with Crippen LogP contribution in [-0.2, 0) is 0 Å². The van der Waals surface area contributed by atoms with E-state index in [-0.39, 0.29) is 16.3 Å². The van der Waals surface area contributed by atoms with E-state index in [1.807, 2.05) is 18.2 Å². The van der Waals surface area contributed by atoms with Gasteiger partial charge in [0.05, 0.1) is 26.4 Å². The van der Waals surface area contributed by atoms with Gasteiger partial charge in [-0.15, -0.1) is 11.8 Å². The maximum absolute atomic E-state index is 12.4. The van der Waals surface area contributed by atoms with Gasteiger partial charge in [0.2, 0.25) is 0 Å². The molecule has 0 radical (unpaired) electrons. The largest absolute Gasteiger partial charge is 0.476 e. The number of benzene rings is 2. The third-order valence-electron chi connectivity index (χ3n) is 5.01. The third kappa shape index (κ3) is 4.93. The summed E-state index contributed by atoms with van der Waals surface area (Å²) in [4.78, 5) is 17.3. The molecule has 0 amide bonds. The van der Waals surface area contributed by atoms with E-state index in [9.17, 15) is 9.90 Å². The number of aliphatic imine (C=N–C) groups is 1. The summed E-state index contributed by atoms with van der Waals surface area (Å²) < 4.78 is 1.44. The van der Waals surface area contributed by atoms with Crippen molar-refractivity contribution in [3.05, 3.63) is 74.5 Å². The van der Waals surface area contributed by atoms with Crippen molar-refractivity contribution in [1.29, 1.82) is 0 Å². The van der Waals surface area contributed by atoms with Crippen molar-refractivity contribution in [2.24, 2.45) is 4.99 Å². The SMILES string of the molecule is Cc1nn(C2=NC(c3ccc(Cl)c(Cl)c3)C(SC(C)C)S2)c(C(=O)O)c1-c1ccccc1Cl. The lowest BCUT2D eigenvalue weighted by molar-refractivity contribution is 0.0689. The molecule has 2 aromatic carbocycles. The molecule has 0 saturated carbocycles. The molecule has 5 nitrogen and oxygen atoms in total. The van der Waals surface area contributed by atoms with Gasteiger partial charge in [-0.05, 0) is 30.7 Å². The van der Waals surface area contributed by atoms with Gasteiger partial charge in [0.1, 0.15) is 0 Å². The van der Waals surface area contributed by atoms with Gasteiger partial charge in [-0.2, -0.15) is 5.10 Å². The number of carbonyl (C=O) groups is 1. The number of aromatic nitrogens is 2. The number of rotatable bonds is 5. The molecule has 1 aliphatic rings. The van der Waals surface area contributed by atoms with Crippen molar-refractivity contribution in [1.82, 2.24) is 9.78 Å². The maximum atomic E-state index is 12.4. The average Bonchev–Trinajstić information content (AvgIpc) is 3.31. The van der Waals surface area contributed by atoms with E-state index < -0.39 is 5.97 Å². The Labute approximate surface area is 215 Å². The van der Waals surface area contributed by atoms with Crippen LogP contribution in [0.2, 0.25) is 15.1 Å². The molecule has 0 saturated heterocycles. The van der Waals surface area contributed by atoms with Crippen LogP contribution in [0.15, 0.2) is 47.5 Å². The van der Waals surface area contributed by atoms with E-state index in [4.69, 9.17) is 39.8 Å². The summed E-state index contributed by atoms with van der Waals surface area (Å²) in [5.74, 6) is -1.10. The molecule has 0 bridgehead atoms. The molecule has 1 N–H and O–H groups in total. The van der Waals surface area contributed by atoms with E-state index in [1.165, 1.54) is 16.4 Å². The summed E-state index contributed by atoms with van der Waals surface area (Å²) in [6, 6.07) is 12.4. The number of hydrogen-bond acceptors (Lipinski definition) is 5. The average molecular weight is 541 g/mol. The Balaban J connectivity index is 1.84. The first kappa shape index (κ1) is 24.5. The number of thioether (sulfide) groups is 2. The van der Waals surface area contributed by atoms with Crippen molar-refractivity contribution < 1.29 is 9.90 Å². The molecule has 0 fully saturated rings. The number of hydrogen-bond donors (Lipinski definition) is 1. The molecule has 4 rings (SSSR count). The predicted molar refractivity (Wildman–Crippen MR) is 141 cm³/mol. The van der Waals surface area contributed by atoms with Crippen LogP contribution >= 0.6 is 58.3 Å². The minimum absolute atomic E-state index is 0.0205. The first-order valence-corrected chi connectivity index (χ1v) is 13.1. The van der Waals surface area contributed by atoms with Crippen molar-refractivity contribution in [3.63, 3.8) is 0 Å². The van der Waals surface area contributed by atoms with Gasteiger partial charge in [0, 0.05) is 21.4 Å². The van der Waals surface area contributed by atoms with Crippen LogP contribution in [-0.4, -0.2) is 35.9 Å². The van der Waals surface area contributed by atoms with E-state index in [0.29, 0.717) is 42.3 Å². The summed E-state index contributed by atoms with van der Waals surface area (Å²) >= 11 is 22.0. The highest BCUT2D eigenvalue weighted by molar-refractivity contribution is 8.25. The Morgan fingerprint density at radius 2 is 1.85 bits per heavy atom. The first-order valence-electron chi connectivity index (χ1n) is 10.1. The van der Waals surface area contributed by atoms with Crippen molar-refractivity contribution in [2.45, 2.75) is 36.6 Å². The van der Waals surface area contributed by atoms with Crippen LogP contribution in [0.4, 0.5) is 0 Å². The number of halogens is 3. The molecule has 0 aliphatic carbocycles. The first-order chi connectivity index (χ1) is 15.7. The smallest absolute Gasteiger partial charge is 0.355 e. The van der Waals surface area contributed by atoms with E-state index >= 15 is 0 Å². The highest BCUT2D eigenvalue weighted by Gasteiger charge is 2.36. The van der Waals surface area contributed by atoms with E-state index in [0.717, 1.165) is 5.56 Å². The Hall–Kier alpha value is -1.64. The lowest BCUT2D eigenvalue weighted by atomic mass is 10.0. The molecule has 2 atom stereocenters. The fraction of sp³-hybridized carbons (Fsp3) is 0.261. The molecule has 3 aromatic rings. The molecule has 2 unspecified atom stereocenters. The molecule has 33 heavy (non-hydrogen) atoms. The maximum Gasteiger partial charge on any atom is 0.355 e. The second kappa shape index (κ2) is 9.92. The lowest BCUT2D eigenvalue weighted by Crippen LogP contribution is -2.16. The monoisotopic (exact) mass is 539 g/mol. The fourth-order valence-electron chi connectivity index (χ4n) is 3.63. The van der Waals surface area contributed by atoms with E-state index in [1.54, 1.807) is 43.0 Å². The van der Waals surface area contributed by atoms with Crippen molar-refractivity contribution >= 4 is 69.5 Å². The Morgan fingerprint density at radius 1 is 1.12 bits per heavy atom. The fourth-order valence-corrected chi connectivity index (χ4v) is 7.18. The summed E-state index contributed by atoms with van der Waals surface area (Å²) in [5, 5.41) is 17.0. The zero-order chi connectivity index (χ0) is 23.9. The van der Waals surface area contributed by atoms with Gasteiger partial charge in [-0.1, -0.05) is 84.7 Å². The predicted octanol–water partition coefficient (Wildman–Crippen LogP) is 7.68. The lowest BCUT2D eigenvalue weighted by Gasteiger charge is -2.19. The summed E-state index contributed by atoms with van der Waals surface area (Å²) in [6.07, 6.45) is 0. The van der Waals surface area contributed by atoms with Crippen LogP contribution in [0, 0.1) is 6.92 Å². The van der Waals surface area contributed by atoms with Crippen LogP contribution in [0.1, 0.15) is 41.6 Å². The third-order valence-corrected chi connectivity index (χ3v) is 8.75. The molecule has 2 heterocycles. The number of nitrogens with zero attached hydrogens (tertiary/aromatic N) is 3. The van der Waals surface area contributed by atoms with E-state index in [2.05, 4.69) is 18.9 Å². The van der Waals surface area contributed by atoms with Gasteiger partial charge in [-0.3, -0.25) is 4.99 Å². The van der Waals surface area contributed by atoms with Gasteiger partial charge < -0.3 is 5.11 Å². The summed E-state index contributed by atoms with van der Waals surface area (Å²) in [6.45, 7) is 6.01. The number of carboxylic acids is 1. The zero-order valence-corrected chi connectivity index (χ0v) is 21.8. The van der Waals surface area contributed by atoms with Gasteiger partial charge in [0.15, 0.2) is 10.9 Å². The van der Waals surface area contributed by atoms with Crippen LogP contribution < -0.4 is 0 Å². The molecule has 10 heteroatoms. The highest BCUT2D eigenvalue weighted by atomic mass is 35.5. The summed E-state index contributed by atoms with van der Waals surface area (Å²) in [5.41, 5.74) is 2.63. The molecule has 1 aromatic heterocycles. The van der Waals surface area contributed by atoms with Crippen LogP contribution in [0.25, 0.3) is 11.1 Å². The highest BCUT2D eigenvalue weighted by Crippen LogP contribution is 2.47. The number of aryl methyl sites for hydroxylation is 1. The van der Waals surface area contributed by atoms with Crippen molar-refractivity contribution in [3.8, 4) is 11.1 Å². The van der Waals surface area contributed by atoms with Gasteiger partial charge in [-0.25, -0.2) is 9.48 Å². The second-order valence-electron chi connectivity index (χ2n) is 7.71. The minimum atomic E-state index is -1.10. The topological polar surface area (TPSA) is 67.5 Å². The quantitative estimate of drug-likeness (QED) is 0.359. The second-order valence-corrected chi connectivity index (χ2v) is 12.1. The Bertz CT molecular complexity index is 1260. The minimum Gasteiger partial charge on any atom is -0.476 e. The molecular formula is C23H20Cl3N3O2S2. The normalized spacial score (nSPS) is 18.1. The molecule has 1 aliphatic heterocycles. The number of aromatic carboxylic acids is 1. The Kier molecular flexibility index (Phi) is 7.36. The number of carboxylic acid groups (broad SMARTS) is 1. The van der Waals surface area contributed by atoms with Crippen LogP contribution in [0.3, 0.4) is 0 Å².